The van der Waals surface area contributed by atoms with Gasteiger partial charge in [0.2, 0.25) is 0 Å². The van der Waals surface area contributed by atoms with Crippen LogP contribution in [0.2, 0.25) is 0 Å². The minimum Gasteiger partial charge on any atom is -0.388 e. The zero-order chi connectivity index (χ0) is 15.1. The molecule has 0 aliphatic carbocycles. The van der Waals surface area contributed by atoms with Crippen molar-refractivity contribution in [3.05, 3.63) is 35.9 Å². The van der Waals surface area contributed by atoms with E-state index in [4.69, 9.17) is 0 Å². The van der Waals surface area contributed by atoms with Crippen LogP contribution < -0.4 is 0 Å². The van der Waals surface area contributed by atoms with Crippen LogP contribution in [0.4, 0.5) is 0 Å². The third kappa shape index (κ3) is 4.30. The molecule has 1 unspecified atom stereocenters. The van der Waals surface area contributed by atoms with Gasteiger partial charge in [0.1, 0.15) is 0 Å². The number of benzene rings is 1. The quantitative estimate of drug-likeness (QED) is 0.872. The second kappa shape index (κ2) is 7.59. The molecular formula is C18H26N2O. The number of hydrogen-bond donors (Lipinski definition) is 1. The molecule has 1 heterocycles. The van der Waals surface area contributed by atoms with Crippen molar-refractivity contribution in [2.45, 2.75) is 51.2 Å². The highest BCUT2D eigenvalue weighted by molar-refractivity contribution is 5.14. The van der Waals surface area contributed by atoms with Gasteiger partial charge in [0.15, 0.2) is 0 Å². The summed E-state index contributed by atoms with van der Waals surface area (Å²) in [4.78, 5) is 2.37. The summed E-state index contributed by atoms with van der Waals surface area (Å²) in [6.07, 6.45) is 4.34. The molecule has 1 aliphatic rings. The van der Waals surface area contributed by atoms with Gasteiger partial charge in [-0.3, -0.25) is 4.90 Å². The molecule has 1 aliphatic heterocycles. The Bertz CT molecular complexity index is 458. The van der Waals surface area contributed by atoms with Gasteiger partial charge in [0, 0.05) is 19.6 Å². The number of nitrogens with zero attached hydrogens (tertiary/aromatic N) is 2. The van der Waals surface area contributed by atoms with Crippen LogP contribution in [0, 0.1) is 17.2 Å². The smallest absolute Gasteiger partial charge is 0.0829 e. The summed E-state index contributed by atoms with van der Waals surface area (Å²) >= 11 is 0. The first-order chi connectivity index (χ1) is 10.2. The van der Waals surface area contributed by atoms with Gasteiger partial charge in [-0.2, -0.15) is 5.26 Å². The first kappa shape index (κ1) is 16.0. The fourth-order valence-corrected chi connectivity index (χ4v) is 3.15. The topological polar surface area (TPSA) is 47.3 Å². The van der Waals surface area contributed by atoms with Crippen LogP contribution in [0.5, 0.6) is 0 Å². The zero-order valence-corrected chi connectivity index (χ0v) is 13.0. The Morgan fingerprint density at radius 2 is 1.95 bits per heavy atom. The Labute approximate surface area is 128 Å². The molecule has 1 saturated heterocycles. The van der Waals surface area contributed by atoms with E-state index in [1.54, 1.807) is 0 Å². The van der Waals surface area contributed by atoms with Gasteiger partial charge in [-0.1, -0.05) is 50.1 Å². The van der Waals surface area contributed by atoms with Gasteiger partial charge >= 0.3 is 0 Å². The largest absolute Gasteiger partial charge is 0.388 e. The lowest BCUT2D eigenvalue weighted by Crippen LogP contribution is -2.48. The second-order valence-electron chi connectivity index (χ2n) is 6.19. The maximum atomic E-state index is 10.8. The minimum atomic E-state index is -0.781. The lowest BCUT2D eigenvalue weighted by Gasteiger charge is -2.40. The maximum absolute atomic E-state index is 10.8. The van der Waals surface area contributed by atoms with Crippen LogP contribution in [-0.2, 0) is 6.54 Å². The molecule has 0 bridgehead atoms. The Balaban J connectivity index is 1.88. The van der Waals surface area contributed by atoms with Crippen molar-refractivity contribution >= 4 is 0 Å². The predicted octanol–water partition coefficient (Wildman–Crippen LogP) is 3.34. The first-order valence-electron chi connectivity index (χ1n) is 8.06. The van der Waals surface area contributed by atoms with Crippen molar-refractivity contribution in [1.29, 1.82) is 5.26 Å². The molecule has 1 atom stereocenters. The Morgan fingerprint density at radius 3 is 2.52 bits per heavy atom. The molecule has 1 aromatic carbocycles. The molecule has 3 nitrogen and oxygen atoms in total. The second-order valence-corrected chi connectivity index (χ2v) is 6.19. The molecular weight excluding hydrogens is 260 g/mol. The van der Waals surface area contributed by atoms with Gasteiger partial charge in [-0.15, -0.1) is 0 Å². The summed E-state index contributed by atoms with van der Waals surface area (Å²) in [5.74, 6) is -0.212. The summed E-state index contributed by atoms with van der Waals surface area (Å²) in [6, 6.07) is 12.8. The Morgan fingerprint density at radius 1 is 1.29 bits per heavy atom. The SMILES string of the molecule is CCCCC(C#N)C1(O)CCN(Cc2ccccc2)CC1. The van der Waals surface area contributed by atoms with Crippen LogP contribution >= 0.6 is 0 Å². The van der Waals surface area contributed by atoms with Gasteiger partial charge in [-0.05, 0) is 24.8 Å². The highest BCUT2D eigenvalue weighted by Gasteiger charge is 2.39. The van der Waals surface area contributed by atoms with Crippen molar-refractivity contribution in [3.63, 3.8) is 0 Å². The standard InChI is InChI=1S/C18H26N2O/c1-2-3-9-17(14-19)18(21)10-12-20(13-11-18)15-16-7-5-4-6-8-16/h4-8,17,21H,2-3,9-13,15H2,1H3. The van der Waals surface area contributed by atoms with Gasteiger partial charge in [0.05, 0.1) is 17.6 Å². The van der Waals surface area contributed by atoms with Gasteiger partial charge < -0.3 is 5.11 Å². The van der Waals surface area contributed by atoms with E-state index >= 15 is 0 Å². The molecule has 1 aromatic rings. The van der Waals surface area contributed by atoms with Crippen molar-refractivity contribution < 1.29 is 5.11 Å². The van der Waals surface area contributed by atoms with E-state index in [9.17, 15) is 10.4 Å². The van der Waals surface area contributed by atoms with Crippen molar-refractivity contribution in [1.82, 2.24) is 4.90 Å². The molecule has 0 aromatic heterocycles. The predicted molar refractivity (Wildman–Crippen MR) is 84.5 cm³/mol. The average Bonchev–Trinajstić information content (AvgIpc) is 2.51. The highest BCUT2D eigenvalue weighted by atomic mass is 16.3. The summed E-state index contributed by atoms with van der Waals surface area (Å²) in [7, 11) is 0. The highest BCUT2D eigenvalue weighted by Crippen LogP contribution is 2.33. The Kier molecular flexibility index (Phi) is 5.78. The molecule has 1 N–H and O–H groups in total. The molecule has 0 amide bonds. The van der Waals surface area contributed by atoms with E-state index < -0.39 is 5.60 Å². The summed E-state index contributed by atoms with van der Waals surface area (Å²) in [6.45, 7) is 4.80. The molecule has 0 spiro atoms. The van der Waals surface area contributed by atoms with Crippen LogP contribution in [-0.4, -0.2) is 28.7 Å². The molecule has 2 rings (SSSR count). The third-order valence-corrected chi connectivity index (χ3v) is 4.62. The number of nitriles is 1. The fraction of sp³-hybridized carbons (Fsp3) is 0.611. The van der Waals surface area contributed by atoms with Crippen molar-refractivity contribution in [2.24, 2.45) is 5.92 Å². The van der Waals surface area contributed by atoms with E-state index in [1.807, 2.05) is 6.07 Å². The molecule has 114 valence electrons. The van der Waals surface area contributed by atoms with Gasteiger partial charge in [0.25, 0.3) is 0 Å². The monoisotopic (exact) mass is 286 g/mol. The number of unbranched alkanes of at least 4 members (excludes halogenated alkanes) is 1. The molecule has 0 saturated carbocycles. The van der Waals surface area contributed by atoms with Crippen LogP contribution in [0.3, 0.4) is 0 Å². The fourth-order valence-electron chi connectivity index (χ4n) is 3.15. The minimum absolute atomic E-state index is 0.212. The molecule has 1 fully saturated rings. The molecule has 21 heavy (non-hydrogen) atoms. The number of piperidine rings is 1. The van der Waals surface area contributed by atoms with E-state index in [-0.39, 0.29) is 5.92 Å². The van der Waals surface area contributed by atoms with E-state index in [2.05, 4.69) is 42.2 Å². The van der Waals surface area contributed by atoms with E-state index in [1.165, 1.54) is 5.56 Å². The van der Waals surface area contributed by atoms with Crippen molar-refractivity contribution in [3.8, 4) is 6.07 Å². The number of hydrogen-bond acceptors (Lipinski definition) is 3. The maximum Gasteiger partial charge on any atom is 0.0829 e. The average molecular weight is 286 g/mol. The van der Waals surface area contributed by atoms with Crippen LogP contribution in [0.15, 0.2) is 30.3 Å². The number of rotatable bonds is 6. The number of likely N-dealkylation sites (tertiary alicyclic amines) is 1. The van der Waals surface area contributed by atoms with Crippen LogP contribution in [0.1, 0.15) is 44.6 Å². The summed E-state index contributed by atoms with van der Waals surface area (Å²) in [5.41, 5.74) is 0.530. The van der Waals surface area contributed by atoms with E-state index in [0.717, 1.165) is 38.9 Å². The third-order valence-electron chi connectivity index (χ3n) is 4.62. The first-order valence-corrected chi connectivity index (χ1v) is 8.06. The van der Waals surface area contributed by atoms with Crippen molar-refractivity contribution in [2.75, 3.05) is 13.1 Å². The summed E-state index contributed by atoms with van der Waals surface area (Å²) in [5, 5.41) is 20.1. The molecule has 3 heteroatoms. The normalized spacial score (nSPS) is 19.9. The number of aliphatic hydroxyl groups is 1. The lowest BCUT2D eigenvalue weighted by atomic mass is 9.78. The van der Waals surface area contributed by atoms with Gasteiger partial charge in [-0.25, -0.2) is 0 Å². The van der Waals surface area contributed by atoms with Crippen LogP contribution in [0.25, 0.3) is 0 Å². The summed E-state index contributed by atoms with van der Waals surface area (Å²) < 4.78 is 0. The lowest BCUT2D eigenvalue weighted by molar-refractivity contribution is -0.0547. The Hall–Kier alpha value is -1.37. The molecule has 0 radical (unpaired) electrons. The van der Waals surface area contributed by atoms with E-state index in [0.29, 0.717) is 12.8 Å². The zero-order valence-electron chi connectivity index (χ0n) is 13.0.